The highest BCUT2D eigenvalue weighted by atomic mass is 127. The minimum atomic E-state index is -0.362. The summed E-state index contributed by atoms with van der Waals surface area (Å²) in [5.41, 5.74) is 0.717. The van der Waals surface area contributed by atoms with Gasteiger partial charge in [-0.2, -0.15) is 0 Å². The van der Waals surface area contributed by atoms with Crippen molar-refractivity contribution in [2.75, 3.05) is 10.6 Å². The van der Waals surface area contributed by atoms with Crippen LogP contribution in [-0.2, 0) is 0 Å². The summed E-state index contributed by atoms with van der Waals surface area (Å²) in [6.07, 6.45) is 1.45. The van der Waals surface area contributed by atoms with Crippen molar-refractivity contribution in [2.24, 2.45) is 0 Å². The number of anilines is 2. The molecule has 0 aliphatic rings. The van der Waals surface area contributed by atoms with Crippen LogP contribution in [0.5, 0.6) is 0 Å². The highest BCUT2D eigenvalue weighted by Crippen LogP contribution is 2.12. The lowest BCUT2D eigenvalue weighted by Gasteiger charge is -2.04. The van der Waals surface area contributed by atoms with Gasteiger partial charge in [0.2, 0.25) is 5.88 Å². The molecule has 0 atom stereocenters. The van der Waals surface area contributed by atoms with E-state index in [0.29, 0.717) is 15.5 Å². The minimum Gasteiger partial charge on any atom is -0.415 e. The molecule has 1 aromatic heterocycles. The Morgan fingerprint density at radius 3 is 2.62 bits per heavy atom. The van der Waals surface area contributed by atoms with Crippen molar-refractivity contribution < 1.29 is 9.21 Å². The van der Waals surface area contributed by atoms with Crippen LogP contribution in [0, 0.1) is 3.90 Å². The quantitative estimate of drug-likeness (QED) is 0.833. The third-order valence-corrected chi connectivity index (χ3v) is 2.24. The lowest BCUT2D eigenvalue weighted by molar-refractivity contribution is 0.261. The van der Waals surface area contributed by atoms with Gasteiger partial charge in [0, 0.05) is 28.3 Å². The van der Waals surface area contributed by atoms with Crippen molar-refractivity contribution in [3.63, 3.8) is 0 Å². The zero-order valence-electron chi connectivity index (χ0n) is 8.11. The molecule has 1 aromatic carbocycles. The van der Waals surface area contributed by atoms with Gasteiger partial charge >= 0.3 is 6.03 Å². The first-order valence-electron chi connectivity index (χ1n) is 4.48. The van der Waals surface area contributed by atoms with E-state index >= 15 is 0 Å². The molecule has 2 rings (SSSR count). The average molecular weight is 329 g/mol. The van der Waals surface area contributed by atoms with Crippen molar-refractivity contribution in [1.82, 2.24) is 4.98 Å². The van der Waals surface area contributed by atoms with Crippen molar-refractivity contribution in [3.8, 4) is 0 Å². The van der Waals surface area contributed by atoms with Crippen LogP contribution in [-0.4, -0.2) is 11.0 Å². The molecule has 0 radical (unpaired) electrons. The highest BCUT2D eigenvalue weighted by molar-refractivity contribution is 14.1. The maximum absolute atomic E-state index is 11.5. The predicted octanol–water partition coefficient (Wildman–Crippen LogP) is 2.92. The molecule has 0 bridgehead atoms. The van der Waals surface area contributed by atoms with E-state index in [9.17, 15) is 4.79 Å². The van der Waals surface area contributed by atoms with E-state index in [-0.39, 0.29) is 6.03 Å². The van der Waals surface area contributed by atoms with E-state index < -0.39 is 0 Å². The summed E-state index contributed by atoms with van der Waals surface area (Å²) in [6.45, 7) is 0. The maximum atomic E-state index is 11.5. The normalized spacial score (nSPS) is 9.81. The largest absolute Gasteiger partial charge is 0.415 e. The predicted molar refractivity (Wildman–Crippen MR) is 68.3 cm³/mol. The van der Waals surface area contributed by atoms with Crippen LogP contribution in [0.15, 0.2) is 40.9 Å². The van der Waals surface area contributed by atoms with Crippen molar-refractivity contribution in [3.05, 3.63) is 40.4 Å². The molecule has 0 aliphatic heterocycles. The summed E-state index contributed by atoms with van der Waals surface area (Å²) < 4.78 is 5.57. The topological polar surface area (TPSA) is 67.2 Å². The van der Waals surface area contributed by atoms with Gasteiger partial charge in [0.15, 0.2) is 0 Å². The number of oxazole rings is 1. The number of halogens is 1. The summed E-state index contributed by atoms with van der Waals surface area (Å²) in [5, 5.41) is 5.19. The molecule has 6 heteroatoms. The summed E-state index contributed by atoms with van der Waals surface area (Å²) in [4.78, 5) is 15.3. The number of urea groups is 1. The fraction of sp³-hybridized carbons (Fsp3) is 0. The van der Waals surface area contributed by atoms with E-state index in [4.69, 9.17) is 4.42 Å². The number of hydrogen-bond donors (Lipinski definition) is 2. The number of carbonyl (C=O) groups excluding carboxylic acids is 1. The summed E-state index contributed by atoms with van der Waals surface area (Å²) in [6, 6.07) is 8.79. The van der Waals surface area contributed by atoms with E-state index in [1.54, 1.807) is 12.1 Å². The Bertz CT molecular complexity index is 484. The molecule has 16 heavy (non-hydrogen) atoms. The van der Waals surface area contributed by atoms with Gasteiger partial charge in [0.1, 0.15) is 0 Å². The van der Waals surface area contributed by atoms with E-state index in [1.165, 1.54) is 6.20 Å². The fourth-order valence-electron chi connectivity index (χ4n) is 1.11. The van der Waals surface area contributed by atoms with Crippen LogP contribution < -0.4 is 10.6 Å². The summed E-state index contributed by atoms with van der Waals surface area (Å²) in [7, 11) is 0. The molecule has 0 unspecified atom stereocenters. The van der Waals surface area contributed by atoms with Crippen LogP contribution >= 0.6 is 22.6 Å². The molecular weight excluding hydrogens is 321 g/mol. The second-order valence-electron chi connectivity index (χ2n) is 2.92. The number of carbonyl (C=O) groups is 1. The number of amides is 2. The lowest BCUT2D eigenvalue weighted by Crippen LogP contribution is -2.18. The van der Waals surface area contributed by atoms with Crippen molar-refractivity contribution in [2.45, 2.75) is 0 Å². The molecular formula is C10H8IN3O2. The van der Waals surface area contributed by atoms with Crippen LogP contribution in [0.1, 0.15) is 0 Å². The zero-order valence-corrected chi connectivity index (χ0v) is 10.3. The zero-order chi connectivity index (χ0) is 11.4. The number of rotatable bonds is 2. The Morgan fingerprint density at radius 2 is 2.00 bits per heavy atom. The van der Waals surface area contributed by atoms with Crippen molar-refractivity contribution in [1.29, 1.82) is 0 Å². The van der Waals surface area contributed by atoms with Crippen LogP contribution in [0.25, 0.3) is 0 Å². The highest BCUT2D eigenvalue weighted by Gasteiger charge is 2.05. The van der Waals surface area contributed by atoms with E-state index in [1.807, 2.05) is 40.8 Å². The SMILES string of the molecule is O=C(Nc1ccccc1)Nc1cnc(I)o1. The Balaban J connectivity index is 1.95. The monoisotopic (exact) mass is 329 g/mol. The summed E-state index contributed by atoms with van der Waals surface area (Å²) in [5.74, 6) is 0.317. The molecule has 2 N–H and O–H groups in total. The van der Waals surface area contributed by atoms with Gasteiger partial charge < -0.3 is 9.73 Å². The van der Waals surface area contributed by atoms with Gasteiger partial charge in [-0.15, -0.1) is 0 Å². The Morgan fingerprint density at radius 1 is 1.25 bits per heavy atom. The third-order valence-electron chi connectivity index (χ3n) is 1.75. The number of benzene rings is 1. The Labute approximate surface area is 105 Å². The number of aromatic nitrogens is 1. The third kappa shape index (κ3) is 2.96. The van der Waals surface area contributed by atoms with Crippen LogP contribution in [0.3, 0.4) is 0 Å². The van der Waals surface area contributed by atoms with Gasteiger partial charge in [0.05, 0.1) is 6.20 Å². The summed E-state index contributed by atoms with van der Waals surface area (Å²) >= 11 is 1.92. The van der Waals surface area contributed by atoms with E-state index in [0.717, 1.165) is 0 Å². The maximum Gasteiger partial charge on any atom is 0.326 e. The lowest BCUT2D eigenvalue weighted by atomic mass is 10.3. The van der Waals surface area contributed by atoms with Gasteiger partial charge in [-0.05, 0) is 12.1 Å². The Kier molecular flexibility index (Phi) is 3.40. The van der Waals surface area contributed by atoms with Crippen LogP contribution in [0.2, 0.25) is 0 Å². The van der Waals surface area contributed by atoms with Gasteiger partial charge in [-0.25, -0.2) is 9.78 Å². The van der Waals surface area contributed by atoms with Crippen LogP contribution in [0.4, 0.5) is 16.4 Å². The fourth-order valence-corrected chi connectivity index (χ4v) is 1.48. The standard InChI is InChI=1S/C10H8IN3O2/c11-9-12-6-8(16-9)14-10(15)13-7-4-2-1-3-5-7/h1-6H,(H2,13,14,15). The molecule has 0 spiro atoms. The molecule has 82 valence electrons. The number of hydrogen-bond acceptors (Lipinski definition) is 3. The molecule has 0 fully saturated rings. The van der Waals surface area contributed by atoms with E-state index in [2.05, 4.69) is 15.6 Å². The number of para-hydroxylation sites is 1. The molecule has 2 amide bonds. The van der Waals surface area contributed by atoms with Gasteiger partial charge in [0.25, 0.3) is 3.90 Å². The first-order chi connectivity index (χ1) is 7.74. The number of nitrogens with one attached hydrogen (secondary N) is 2. The molecule has 1 heterocycles. The second-order valence-corrected chi connectivity index (χ2v) is 3.85. The molecule has 0 saturated heterocycles. The average Bonchev–Trinajstić information content (AvgIpc) is 2.65. The first-order valence-corrected chi connectivity index (χ1v) is 5.56. The molecule has 2 aromatic rings. The van der Waals surface area contributed by atoms with Crippen molar-refractivity contribution >= 4 is 40.2 Å². The molecule has 5 nitrogen and oxygen atoms in total. The number of nitrogens with zero attached hydrogens (tertiary/aromatic N) is 1. The Hall–Kier alpha value is -1.57. The molecule has 0 aliphatic carbocycles. The smallest absolute Gasteiger partial charge is 0.326 e. The van der Waals surface area contributed by atoms with Gasteiger partial charge in [-0.1, -0.05) is 18.2 Å². The van der Waals surface area contributed by atoms with Gasteiger partial charge in [-0.3, -0.25) is 5.32 Å². The minimum absolute atomic E-state index is 0.317. The molecule has 0 saturated carbocycles. The second kappa shape index (κ2) is 4.97. The first kappa shape index (κ1) is 10.9.